The van der Waals surface area contributed by atoms with Gasteiger partial charge in [0.2, 0.25) is 23.6 Å². The zero-order valence-electron chi connectivity index (χ0n) is 44.6. The summed E-state index contributed by atoms with van der Waals surface area (Å²) in [6.07, 6.45) is 4.78. The van der Waals surface area contributed by atoms with Crippen LogP contribution in [0.2, 0.25) is 0 Å². The van der Waals surface area contributed by atoms with Crippen LogP contribution in [0.15, 0.2) is 125 Å². The third-order valence-electron chi connectivity index (χ3n) is 12.1. The average molecular weight is 1120 g/mol. The van der Waals surface area contributed by atoms with E-state index in [1.807, 2.05) is 86.6 Å². The minimum Gasteiger partial charge on any atom is -0.478 e. The molecule has 3 aromatic carbocycles. The SMILES string of the molecule is CC(C)(CCCCOc1cc(-c2ccccc2)cc(-c2ccccc2)n1)NC(=O)C(CC(=O)NCCCOCCOCCOCCCNC(=O)CC1NC(=O)NC1=O)NC(=O)c1ccc(N/N=C/c2ccccc2S(=O)(=O)O)nc1. The molecular formula is C56H68N10O13S. The average Bonchev–Trinajstić information content (AvgIpc) is 3.77. The number of rotatable bonds is 34. The summed E-state index contributed by atoms with van der Waals surface area (Å²) in [5, 5.41) is 19.6. The van der Waals surface area contributed by atoms with Crippen molar-refractivity contribution in [2.24, 2.45) is 5.10 Å². The number of benzene rings is 3. The minimum atomic E-state index is -4.50. The van der Waals surface area contributed by atoms with E-state index in [0.717, 1.165) is 22.4 Å². The van der Waals surface area contributed by atoms with Crippen molar-refractivity contribution in [3.8, 4) is 28.3 Å². The first-order valence-corrected chi connectivity index (χ1v) is 27.6. The number of nitrogens with one attached hydrogen (secondary N) is 7. The molecule has 1 aliphatic heterocycles. The predicted octanol–water partition coefficient (Wildman–Crippen LogP) is 4.80. The van der Waals surface area contributed by atoms with Crippen LogP contribution in [-0.2, 0) is 43.5 Å². The van der Waals surface area contributed by atoms with Crippen molar-refractivity contribution in [1.82, 2.24) is 41.9 Å². The second-order valence-corrected chi connectivity index (χ2v) is 20.4. The summed E-state index contributed by atoms with van der Waals surface area (Å²) in [7, 11) is -4.50. The summed E-state index contributed by atoms with van der Waals surface area (Å²) in [4.78, 5) is 84.3. The quantitative estimate of drug-likeness (QED) is 0.00902. The summed E-state index contributed by atoms with van der Waals surface area (Å²) >= 11 is 0. The van der Waals surface area contributed by atoms with Gasteiger partial charge in [0.15, 0.2) is 0 Å². The topological polar surface area (TPSA) is 316 Å². The number of ether oxygens (including phenoxy) is 4. The van der Waals surface area contributed by atoms with Gasteiger partial charge in [-0.25, -0.2) is 14.8 Å². The third kappa shape index (κ3) is 21.2. The Bertz CT molecular complexity index is 2930. The maximum absolute atomic E-state index is 14.0. The van der Waals surface area contributed by atoms with Crippen LogP contribution >= 0.6 is 0 Å². The first-order valence-electron chi connectivity index (χ1n) is 26.1. The molecule has 426 valence electrons. The molecule has 0 aliphatic carbocycles. The molecule has 7 amide bonds. The number of amides is 7. The standard InChI is InChI=1S/C56H68N10O13S/c1-56(2,23-11-12-28-79-51-34-43(39-15-5-3-6-16-39)33-44(61-51)40-17-7-4-8-18-40)65-54(71)46(62-52(69)42-21-22-48(59-37-42)66-60-38-41-19-9-10-20-47(41)80(73,74)75)36-50(68)58-25-14-27-77-30-32-78-31-29-76-26-13-24-57-49(67)35-45-53(70)64-55(72)63-45/h3-10,15-22,33-34,37-38,45-46H,11-14,23-32,35-36H2,1-2H3,(H,57,67)(H,58,68)(H,59,66)(H,62,69)(H,65,71)(H,73,74,75)(H2,63,64,70,72)/b60-38+. The number of hydrogen-bond donors (Lipinski definition) is 8. The van der Waals surface area contributed by atoms with E-state index in [9.17, 15) is 41.7 Å². The molecule has 0 bridgehead atoms. The normalized spacial score (nSPS) is 13.7. The van der Waals surface area contributed by atoms with Gasteiger partial charge in [0.1, 0.15) is 22.8 Å². The van der Waals surface area contributed by atoms with Crippen molar-refractivity contribution in [3.63, 3.8) is 0 Å². The van der Waals surface area contributed by atoms with Gasteiger partial charge in [0.25, 0.3) is 21.9 Å². The smallest absolute Gasteiger partial charge is 0.322 e. The molecule has 1 fully saturated rings. The van der Waals surface area contributed by atoms with Gasteiger partial charge < -0.3 is 45.5 Å². The molecule has 2 unspecified atom stereocenters. The molecule has 0 spiro atoms. The van der Waals surface area contributed by atoms with Gasteiger partial charge in [0.05, 0.1) is 63.3 Å². The van der Waals surface area contributed by atoms with Crippen molar-refractivity contribution < 1.29 is 60.7 Å². The molecule has 0 radical (unpaired) electrons. The summed E-state index contributed by atoms with van der Waals surface area (Å²) in [6, 6.07) is 29.7. The molecular weight excluding hydrogens is 1050 g/mol. The number of aromatic nitrogens is 2. The number of unbranched alkanes of at least 4 members (excludes halogenated alkanes) is 1. The Hall–Kier alpha value is -8.16. The van der Waals surface area contributed by atoms with Crippen LogP contribution < -0.4 is 42.1 Å². The molecule has 2 atom stereocenters. The lowest BCUT2D eigenvalue weighted by atomic mass is 9.96. The summed E-state index contributed by atoms with van der Waals surface area (Å²) < 4.78 is 55.9. The Morgan fingerprint density at radius 2 is 1.39 bits per heavy atom. The van der Waals surface area contributed by atoms with E-state index in [2.05, 4.69) is 47.4 Å². The molecule has 2 aromatic heterocycles. The Kier molecular flexibility index (Phi) is 24.0. The number of nitrogens with zero attached hydrogens (tertiary/aromatic N) is 3. The van der Waals surface area contributed by atoms with E-state index in [-0.39, 0.29) is 47.1 Å². The van der Waals surface area contributed by atoms with E-state index in [1.165, 1.54) is 42.7 Å². The minimum absolute atomic E-state index is 0.0770. The molecule has 24 heteroatoms. The highest BCUT2D eigenvalue weighted by Crippen LogP contribution is 2.29. The molecule has 80 heavy (non-hydrogen) atoms. The summed E-state index contributed by atoms with van der Waals surface area (Å²) in [5.74, 6) is -1.93. The van der Waals surface area contributed by atoms with Crippen LogP contribution in [0.5, 0.6) is 5.88 Å². The molecule has 5 aromatic rings. The van der Waals surface area contributed by atoms with Crippen LogP contribution in [0, 0.1) is 0 Å². The van der Waals surface area contributed by atoms with Crippen molar-refractivity contribution in [2.45, 2.75) is 81.3 Å². The number of hydrogen-bond acceptors (Lipinski definition) is 16. The zero-order valence-corrected chi connectivity index (χ0v) is 45.4. The van der Waals surface area contributed by atoms with Crippen LogP contribution in [0.1, 0.15) is 74.7 Å². The Morgan fingerprint density at radius 3 is 2.02 bits per heavy atom. The maximum Gasteiger partial charge on any atom is 0.322 e. The molecule has 1 aliphatic rings. The second-order valence-electron chi connectivity index (χ2n) is 19.0. The number of hydrazone groups is 1. The van der Waals surface area contributed by atoms with Crippen molar-refractivity contribution in [3.05, 3.63) is 127 Å². The highest BCUT2D eigenvalue weighted by atomic mass is 32.2. The number of urea groups is 1. The third-order valence-corrected chi connectivity index (χ3v) is 13.0. The number of anilines is 1. The van der Waals surface area contributed by atoms with Crippen LogP contribution in [0.4, 0.5) is 10.6 Å². The lowest BCUT2D eigenvalue weighted by Crippen LogP contribution is -2.54. The van der Waals surface area contributed by atoms with E-state index >= 15 is 0 Å². The molecule has 8 N–H and O–H groups in total. The summed E-state index contributed by atoms with van der Waals surface area (Å²) in [6.45, 7) is 6.65. The van der Waals surface area contributed by atoms with Crippen molar-refractivity contribution >= 4 is 57.7 Å². The fourth-order valence-electron chi connectivity index (χ4n) is 7.96. The lowest BCUT2D eigenvalue weighted by molar-refractivity contribution is -0.129. The van der Waals surface area contributed by atoms with Crippen LogP contribution in [0.25, 0.3) is 22.4 Å². The number of carbonyl (C=O) groups is 6. The summed E-state index contributed by atoms with van der Waals surface area (Å²) in [5.41, 5.74) is 5.85. The molecule has 6 rings (SSSR count). The number of carbonyl (C=O) groups excluding carboxylic acids is 6. The largest absolute Gasteiger partial charge is 0.478 e. The fraction of sp³-hybridized carbons (Fsp3) is 0.375. The van der Waals surface area contributed by atoms with E-state index < -0.39 is 57.4 Å². The molecule has 0 saturated carbocycles. The van der Waals surface area contributed by atoms with Crippen molar-refractivity contribution in [2.75, 3.05) is 64.8 Å². The van der Waals surface area contributed by atoms with Gasteiger partial charge in [0, 0.05) is 55.2 Å². The second kappa shape index (κ2) is 31.4. The first-order chi connectivity index (χ1) is 38.5. The van der Waals surface area contributed by atoms with Gasteiger partial charge in [-0.15, -0.1) is 0 Å². The van der Waals surface area contributed by atoms with Crippen LogP contribution in [-0.4, -0.2) is 142 Å². The molecule has 3 heterocycles. The van der Waals surface area contributed by atoms with Crippen LogP contribution in [0.3, 0.4) is 0 Å². The first kappa shape index (κ1) is 61.1. The zero-order chi connectivity index (χ0) is 57.2. The predicted molar refractivity (Wildman–Crippen MR) is 297 cm³/mol. The van der Waals surface area contributed by atoms with E-state index in [0.29, 0.717) is 90.8 Å². The van der Waals surface area contributed by atoms with Crippen molar-refractivity contribution in [1.29, 1.82) is 0 Å². The fourth-order valence-corrected chi connectivity index (χ4v) is 8.63. The molecule has 23 nitrogen and oxygen atoms in total. The van der Waals surface area contributed by atoms with Gasteiger partial charge in [-0.3, -0.25) is 39.3 Å². The van der Waals surface area contributed by atoms with Gasteiger partial charge in [-0.05, 0) is 81.3 Å². The van der Waals surface area contributed by atoms with E-state index in [4.69, 9.17) is 23.9 Å². The van der Waals surface area contributed by atoms with Gasteiger partial charge in [-0.1, -0.05) is 78.9 Å². The van der Waals surface area contributed by atoms with E-state index in [1.54, 1.807) is 6.07 Å². The highest BCUT2D eigenvalue weighted by Gasteiger charge is 2.32. The Balaban J connectivity index is 0.936. The van der Waals surface area contributed by atoms with Gasteiger partial charge in [-0.2, -0.15) is 13.5 Å². The maximum atomic E-state index is 14.0. The molecule has 1 saturated heterocycles. The Labute approximate surface area is 464 Å². The lowest BCUT2D eigenvalue weighted by Gasteiger charge is -2.29. The van der Waals surface area contributed by atoms with Gasteiger partial charge >= 0.3 is 6.03 Å². The highest BCUT2D eigenvalue weighted by molar-refractivity contribution is 7.86. The number of imide groups is 1. The number of pyridine rings is 2. The Morgan fingerprint density at radius 1 is 0.750 bits per heavy atom. The monoisotopic (exact) mass is 1120 g/mol.